The van der Waals surface area contributed by atoms with Gasteiger partial charge >= 0.3 is 0 Å². The monoisotopic (exact) mass is 616 g/mol. The molecule has 2 aromatic carbocycles. The summed E-state index contributed by atoms with van der Waals surface area (Å²) in [5.41, 5.74) is 6.88. The van der Waals surface area contributed by atoms with Crippen molar-refractivity contribution >= 4 is 21.9 Å². The number of aromatic amines is 2. The van der Waals surface area contributed by atoms with Crippen molar-refractivity contribution in [2.24, 2.45) is 0 Å². The van der Waals surface area contributed by atoms with Crippen LogP contribution in [0.3, 0.4) is 0 Å². The fraction of sp³-hybridized carbons (Fsp3) is 0.324. The number of hydrogen-bond acceptors (Lipinski definition) is 6. The zero-order chi connectivity index (χ0) is 30.9. The molecule has 0 atom stereocenters. The summed E-state index contributed by atoms with van der Waals surface area (Å²) in [6.45, 7) is 3.59. The van der Waals surface area contributed by atoms with E-state index in [1.807, 2.05) is 30.5 Å². The van der Waals surface area contributed by atoms with E-state index in [2.05, 4.69) is 48.2 Å². The zero-order valence-corrected chi connectivity index (χ0v) is 25.8. The van der Waals surface area contributed by atoms with Gasteiger partial charge in [0.1, 0.15) is 35.3 Å². The van der Waals surface area contributed by atoms with Crippen molar-refractivity contribution < 1.29 is 13.9 Å². The number of benzene rings is 2. The number of aromatic nitrogens is 5. The van der Waals surface area contributed by atoms with Gasteiger partial charge in [0.25, 0.3) is 0 Å². The molecule has 1 saturated heterocycles. The van der Waals surface area contributed by atoms with E-state index < -0.39 is 0 Å². The lowest BCUT2D eigenvalue weighted by molar-refractivity contribution is 0.154. The molecule has 0 unspecified atom stereocenters. The molecule has 2 aliphatic rings. The Balaban J connectivity index is 1.08. The Kier molecular flexibility index (Phi) is 7.83. The minimum atomic E-state index is -0.331. The molecule has 0 amide bonds. The molecule has 2 fully saturated rings. The Morgan fingerprint density at radius 2 is 1.70 bits per heavy atom. The van der Waals surface area contributed by atoms with Gasteiger partial charge in [-0.25, -0.2) is 9.37 Å². The molecule has 0 spiro atoms. The minimum absolute atomic E-state index is 0.264. The Hall–Kier alpha value is -4.76. The summed E-state index contributed by atoms with van der Waals surface area (Å²) in [4.78, 5) is 14.9. The van der Waals surface area contributed by atoms with Crippen LogP contribution in [0.15, 0.2) is 73.2 Å². The third-order valence-electron chi connectivity index (χ3n) is 9.31. The van der Waals surface area contributed by atoms with Gasteiger partial charge in [0, 0.05) is 41.3 Å². The fourth-order valence-corrected chi connectivity index (χ4v) is 6.92. The normalized spacial score (nSPS) is 16.0. The van der Waals surface area contributed by atoms with Crippen molar-refractivity contribution in [1.29, 1.82) is 0 Å². The number of likely N-dealkylation sites (tertiary alicyclic amines) is 1. The summed E-state index contributed by atoms with van der Waals surface area (Å²) in [5.74, 6) is 1.01. The van der Waals surface area contributed by atoms with Crippen molar-refractivity contribution in [1.82, 2.24) is 30.0 Å². The highest BCUT2D eigenvalue weighted by Crippen LogP contribution is 2.36. The molecule has 0 radical (unpaired) electrons. The first-order valence-corrected chi connectivity index (χ1v) is 16.4. The van der Waals surface area contributed by atoms with Crippen LogP contribution >= 0.6 is 0 Å². The van der Waals surface area contributed by atoms with E-state index in [1.54, 1.807) is 18.5 Å². The smallest absolute Gasteiger partial charge is 0.138 e. The maximum absolute atomic E-state index is 14.8. The standard InChI is InChI=1S/C37H37FN6O2/c38-27-16-25(17-29(20-27)45-15-14-44-12-4-5-13-44)31-10-11-40-37-32(31)21-35(41-37)36-33-19-24(8-9-34(33)42-43-36)26-18-30(23-39-22-26)46-28-6-2-1-3-7-28/h8-11,16-23,28H,1-7,12-15H2,(H,40,41)(H,42,43). The van der Waals surface area contributed by atoms with Gasteiger partial charge in [0.2, 0.25) is 0 Å². The van der Waals surface area contributed by atoms with Crippen LogP contribution in [0.1, 0.15) is 44.9 Å². The van der Waals surface area contributed by atoms with Crippen LogP contribution < -0.4 is 9.47 Å². The van der Waals surface area contributed by atoms with Crippen LogP contribution in [0.25, 0.3) is 55.6 Å². The van der Waals surface area contributed by atoms with Gasteiger partial charge in [0.05, 0.1) is 23.5 Å². The number of hydrogen-bond donors (Lipinski definition) is 2. The number of ether oxygens (including phenoxy) is 2. The topological polar surface area (TPSA) is 92.0 Å². The summed E-state index contributed by atoms with van der Waals surface area (Å²) in [6.07, 6.45) is 14.1. The SMILES string of the molecule is Fc1cc(OCCN2CCCC2)cc(-c2ccnc3[nH]c(-c4n[nH]c5ccc(-c6cncc(OC7CCCCC7)c6)cc45)cc23)c1. The molecule has 1 saturated carbocycles. The van der Waals surface area contributed by atoms with Crippen LogP contribution in [0.2, 0.25) is 0 Å². The summed E-state index contributed by atoms with van der Waals surface area (Å²) >= 11 is 0. The van der Waals surface area contributed by atoms with E-state index in [0.29, 0.717) is 18.0 Å². The van der Waals surface area contributed by atoms with Gasteiger partial charge < -0.3 is 14.5 Å². The molecule has 8 rings (SSSR count). The lowest BCUT2D eigenvalue weighted by Gasteiger charge is -2.23. The molecule has 5 heterocycles. The molecular weight excluding hydrogens is 579 g/mol. The average molecular weight is 617 g/mol. The summed E-state index contributed by atoms with van der Waals surface area (Å²) < 4.78 is 27.1. The van der Waals surface area contributed by atoms with Crippen LogP contribution in [-0.2, 0) is 0 Å². The number of fused-ring (bicyclic) bond motifs is 2. The van der Waals surface area contributed by atoms with Gasteiger partial charge in [0.15, 0.2) is 0 Å². The second-order valence-electron chi connectivity index (χ2n) is 12.5. The fourth-order valence-electron chi connectivity index (χ4n) is 6.92. The van der Waals surface area contributed by atoms with Gasteiger partial charge in [-0.15, -0.1) is 0 Å². The maximum atomic E-state index is 14.8. The van der Waals surface area contributed by atoms with E-state index in [-0.39, 0.29) is 11.9 Å². The number of H-pyrrole nitrogens is 2. The first kappa shape index (κ1) is 28.7. The first-order chi connectivity index (χ1) is 22.7. The lowest BCUT2D eigenvalue weighted by atomic mass is 9.98. The zero-order valence-electron chi connectivity index (χ0n) is 25.8. The predicted octanol–water partition coefficient (Wildman–Crippen LogP) is 8.16. The Labute approximate surface area is 267 Å². The third-order valence-corrected chi connectivity index (χ3v) is 9.31. The largest absolute Gasteiger partial charge is 0.492 e. The molecule has 6 aromatic rings. The Bertz CT molecular complexity index is 1990. The quantitative estimate of drug-likeness (QED) is 0.170. The van der Waals surface area contributed by atoms with E-state index in [1.165, 1.54) is 38.2 Å². The van der Waals surface area contributed by atoms with Gasteiger partial charge in [-0.2, -0.15) is 5.10 Å². The molecule has 234 valence electrons. The van der Waals surface area contributed by atoms with Crippen LogP contribution in [-0.4, -0.2) is 62.4 Å². The third kappa shape index (κ3) is 5.95. The maximum Gasteiger partial charge on any atom is 0.138 e. The van der Waals surface area contributed by atoms with Gasteiger partial charge in [-0.3, -0.25) is 15.0 Å². The predicted molar refractivity (Wildman–Crippen MR) is 178 cm³/mol. The van der Waals surface area contributed by atoms with E-state index in [0.717, 1.165) is 88.2 Å². The average Bonchev–Trinajstić information content (AvgIpc) is 3.85. The summed E-state index contributed by atoms with van der Waals surface area (Å²) in [7, 11) is 0. The van der Waals surface area contributed by atoms with E-state index in [4.69, 9.17) is 9.47 Å². The molecule has 46 heavy (non-hydrogen) atoms. The van der Waals surface area contributed by atoms with Gasteiger partial charge in [-0.1, -0.05) is 12.5 Å². The Morgan fingerprint density at radius 3 is 2.59 bits per heavy atom. The molecule has 2 N–H and O–H groups in total. The number of halogens is 1. The summed E-state index contributed by atoms with van der Waals surface area (Å²) in [6, 6.07) is 17.2. The molecule has 1 aliphatic heterocycles. The number of nitrogens with zero attached hydrogens (tertiary/aromatic N) is 4. The number of nitrogens with one attached hydrogen (secondary N) is 2. The molecule has 8 nitrogen and oxygen atoms in total. The van der Waals surface area contributed by atoms with Gasteiger partial charge in [-0.05, 0) is 111 Å². The van der Waals surface area contributed by atoms with Crippen molar-refractivity contribution in [2.45, 2.75) is 51.0 Å². The lowest BCUT2D eigenvalue weighted by Crippen LogP contribution is -2.25. The van der Waals surface area contributed by atoms with Crippen LogP contribution in [0, 0.1) is 5.82 Å². The van der Waals surface area contributed by atoms with Crippen molar-refractivity contribution in [3.8, 4) is 45.1 Å². The molecular formula is C37H37FN6O2. The number of rotatable bonds is 9. The summed E-state index contributed by atoms with van der Waals surface area (Å²) in [5, 5.41) is 9.72. The molecule has 4 aromatic heterocycles. The molecule has 0 bridgehead atoms. The molecule has 1 aliphatic carbocycles. The highest BCUT2D eigenvalue weighted by Gasteiger charge is 2.18. The highest BCUT2D eigenvalue weighted by molar-refractivity contribution is 6.00. The van der Waals surface area contributed by atoms with Crippen LogP contribution in [0.4, 0.5) is 4.39 Å². The Morgan fingerprint density at radius 1 is 0.826 bits per heavy atom. The van der Waals surface area contributed by atoms with E-state index >= 15 is 0 Å². The first-order valence-electron chi connectivity index (χ1n) is 16.4. The van der Waals surface area contributed by atoms with Crippen molar-refractivity contribution in [3.05, 3.63) is 79.0 Å². The minimum Gasteiger partial charge on any atom is -0.492 e. The highest BCUT2D eigenvalue weighted by atomic mass is 19.1. The number of pyridine rings is 2. The van der Waals surface area contributed by atoms with Crippen molar-refractivity contribution in [2.75, 3.05) is 26.2 Å². The van der Waals surface area contributed by atoms with E-state index in [9.17, 15) is 4.39 Å². The van der Waals surface area contributed by atoms with Crippen molar-refractivity contribution in [3.63, 3.8) is 0 Å². The van der Waals surface area contributed by atoms with Crippen LogP contribution in [0.5, 0.6) is 11.5 Å². The second-order valence-corrected chi connectivity index (χ2v) is 12.5. The molecule has 9 heteroatoms. The second kappa shape index (κ2) is 12.6.